The number of hydrogen-bond acceptors (Lipinski definition) is 6. The maximum absolute atomic E-state index is 12.9. The van der Waals surface area contributed by atoms with Crippen LogP contribution in [-0.2, 0) is 28.6 Å². The van der Waals surface area contributed by atoms with Crippen molar-refractivity contribution < 1.29 is 28.6 Å². The molecule has 0 heterocycles. The van der Waals surface area contributed by atoms with Gasteiger partial charge in [0, 0.05) is 19.3 Å². The van der Waals surface area contributed by atoms with Gasteiger partial charge in [0.05, 0.1) is 0 Å². The highest BCUT2D eigenvalue weighted by Gasteiger charge is 2.19. The van der Waals surface area contributed by atoms with E-state index in [0.29, 0.717) is 19.3 Å². The summed E-state index contributed by atoms with van der Waals surface area (Å²) in [6.07, 6.45) is 60.9. The van der Waals surface area contributed by atoms with E-state index in [2.05, 4.69) is 27.7 Å². The number of carbonyl (C=O) groups is 3. The van der Waals surface area contributed by atoms with Crippen molar-refractivity contribution in [3.63, 3.8) is 0 Å². The molecule has 0 saturated heterocycles. The fourth-order valence-electron chi connectivity index (χ4n) is 9.42. The predicted octanol–water partition coefficient (Wildman–Crippen LogP) is 20.2. The molecule has 0 amide bonds. The van der Waals surface area contributed by atoms with Crippen molar-refractivity contribution in [2.75, 3.05) is 13.2 Å². The third-order valence-corrected chi connectivity index (χ3v) is 14.4. The predicted molar refractivity (Wildman–Crippen MR) is 289 cm³/mol. The van der Waals surface area contributed by atoms with Gasteiger partial charge in [-0.1, -0.05) is 310 Å². The van der Waals surface area contributed by atoms with E-state index in [9.17, 15) is 14.4 Å². The summed E-state index contributed by atoms with van der Waals surface area (Å²) in [6.45, 7) is 9.09. The summed E-state index contributed by atoms with van der Waals surface area (Å²) in [5.41, 5.74) is 0. The molecule has 1 unspecified atom stereocenters. The van der Waals surface area contributed by atoms with E-state index < -0.39 is 6.10 Å². The Morgan fingerprint density at radius 3 is 0.776 bits per heavy atom. The molecule has 0 N–H and O–H groups in total. The number of hydrogen-bond donors (Lipinski definition) is 0. The van der Waals surface area contributed by atoms with Crippen molar-refractivity contribution in [1.29, 1.82) is 0 Å². The minimum Gasteiger partial charge on any atom is -0.462 e. The topological polar surface area (TPSA) is 78.9 Å². The van der Waals surface area contributed by atoms with Crippen LogP contribution in [0.1, 0.15) is 349 Å². The van der Waals surface area contributed by atoms with E-state index in [1.807, 2.05) is 0 Å². The highest BCUT2D eigenvalue weighted by atomic mass is 16.6. The van der Waals surface area contributed by atoms with E-state index >= 15 is 0 Å². The van der Waals surface area contributed by atoms with Crippen LogP contribution < -0.4 is 0 Å². The Hall–Kier alpha value is -1.59. The fourth-order valence-corrected chi connectivity index (χ4v) is 9.42. The SMILES string of the molecule is CCCCCCCCCCCCCCCCCCCCCC(=O)OC[C@@H](COC(=O)CCCCCCCCCCCCCCCCCC)OC(=O)CCCCCCCCCCCCC(C)CC. The lowest BCUT2D eigenvalue weighted by atomic mass is 9.99. The quantitative estimate of drug-likeness (QED) is 0.0343. The largest absolute Gasteiger partial charge is 0.462 e. The van der Waals surface area contributed by atoms with Crippen molar-refractivity contribution in [3.05, 3.63) is 0 Å². The average molecular weight is 948 g/mol. The highest BCUT2D eigenvalue weighted by Crippen LogP contribution is 2.19. The Morgan fingerprint density at radius 1 is 0.299 bits per heavy atom. The molecule has 0 aliphatic rings. The van der Waals surface area contributed by atoms with Crippen LogP contribution in [0.25, 0.3) is 0 Å². The summed E-state index contributed by atoms with van der Waals surface area (Å²) < 4.78 is 16.9. The van der Waals surface area contributed by atoms with E-state index in [-0.39, 0.29) is 31.1 Å². The van der Waals surface area contributed by atoms with E-state index in [1.54, 1.807) is 0 Å². The minimum atomic E-state index is -0.763. The zero-order chi connectivity index (χ0) is 48.8. The average Bonchev–Trinajstić information content (AvgIpc) is 3.33. The van der Waals surface area contributed by atoms with Gasteiger partial charge in [0.25, 0.3) is 0 Å². The summed E-state index contributed by atoms with van der Waals surface area (Å²) in [5, 5.41) is 0. The fraction of sp³-hybridized carbons (Fsp3) is 0.951. The normalized spacial score (nSPS) is 12.4. The zero-order valence-corrected chi connectivity index (χ0v) is 45.9. The number of ether oxygens (including phenoxy) is 3. The smallest absolute Gasteiger partial charge is 0.306 e. The Kier molecular flexibility index (Phi) is 54.0. The first-order valence-electron chi connectivity index (χ1n) is 30.4. The third kappa shape index (κ3) is 53.6. The van der Waals surface area contributed by atoms with Gasteiger partial charge in [-0.3, -0.25) is 14.4 Å². The first-order valence-corrected chi connectivity index (χ1v) is 30.4. The molecule has 67 heavy (non-hydrogen) atoms. The van der Waals surface area contributed by atoms with E-state index in [0.717, 1.165) is 63.7 Å². The van der Waals surface area contributed by atoms with Gasteiger partial charge in [-0.15, -0.1) is 0 Å². The van der Waals surface area contributed by atoms with Crippen LogP contribution in [0.3, 0.4) is 0 Å². The van der Waals surface area contributed by atoms with Crippen LogP contribution in [0, 0.1) is 5.92 Å². The molecular weight excluding hydrogens is 829 g/mol. The lowest BCUT2D eigenvalue weighted by Crippen LogP contribution is -2.30. The molecule has 0 rings (SSSR count). The molecule has 0 aromatic heterocycles. The van der Waals surface area contributed by atoms with Crippen LogP contribution in [-0.4, -0.2) is 37.2 Å². The lowest BCUT2D eigenvalue weighted by molar-refractivity contribution is -0.167. The molecule has 2 atom stereocenters. The molecule has 398 valence electrons. The monoisotopic (exact) mass is 947 g/mol. The Morgan fingerprint density at radius 2 is 0.522 bits per heavy atom. The third-order valence-electron chi connectivity index (χ3n) is 14.4. The van der Waals surface area contributed by atoms with Crippen molar-refractivity contribution in [2.45, 2.75) is 355 Å². The second-order valence-corrected chi connectivity index (χ2v) is 21.2. The van der Waals surface area contributed by atoms with Gasteiger partial charge in [-0.2, -0.15) is 0 Å². The molecule has 0 radical (unpaired) electrons. The van der Waals surface area contributed by atoms with Gasteiger partial charge in [0.2, 0.25) is 0 Å². The van der Waals surface area contributed by atoms with E-state index in [1.165, 1.54) is 244 Å². The molecule has 0 aliphatic carbocycles. The Labute approximate surface area is 418 Å². The molecule has 0 aromatic rings. The second kappa shape index (κ2) is 55.3. The number of unbranched alkanes of at least 4 members (excludes halogenated alkanes) is 42. The van der Waals surface area contributed by atoms with Crippen LogP contribution >= 0.6 is 0 Å². The highest BCUT2D eigenvalue weighted by molar-refractivity contribution is 5.71. The summed E-state index contributed by atoms with van der Waals surface area (Å²) in [7, 11) is 0. The minimum absolute atomic E-state index is 0.0618. The van der Waals surface area contributed by atoms with Crippen LogP contribution in [0.2, 0.25) is 0 Å². The van der Waals surface area contributed by atoms with Gasteiger partial charge < -0.3 is 14.2 Å². The van der Waals surface area contributed by atoms with Crippen LogP contribution in [0.5, 0.6) is 0 Å². The van der Waals surface area contributed by atoms with E-state index in [4.69, 9.17) is 14.2 Å². The molecule has 0 fully saturated rings. The molecule has 0 saturated carbocycles. The van der Waals surface area contributed by atoms with Gasteiger partial charge in [-0.25, -0.2) is 0 Å². The zero-order valence-electron chi connectivity index (χ0n) is 45.9. The standard InChI is InChI=1S/C61H118O6/c1-5-8-10-12-14-16-18-20-22-24-25-26-28-30-32-37-41-45-49-53-60(63)66-56-58(67-61(64)54-50-46-42-38-34-33-35-39-43-47-51-57(4)7-3)55-65-59(62)52-48-44-40-36-31-29-27-23-21-19-17-15-13-11-9-6-2/h57-58H,5-56H2,1-4H3/t57?,58-/m1/s1. The van der Waals surface area contributed by atoms with Crippen molar-refractivity contribution in [2.24, 2.45) is 5.92 Å². The summed E-state index contributed by atoms with van der Waals surface area (Å²) >= 11 is 0. The molecule has 0 spiro atoms. The van der Waals surface area contributed by atoms with Crippen LogP contribution in [0.4, 0.5) is 0 Å². The van der Waals surface area contributed by atoms with Crippen LogP contribution in [0.15, 0.2) is 0 Å². The van der Waals surface area contributed by atoms with Gasteiger partial charge in [0.1, 0.15) is 13.2 Å². The summed E-state index contributed by atoms with van der Waals surface area (Å²) in [4.78, 5) is 38.2. The molecule has 6 nitrogen and oxygen atoms in total. The first-order chi connectivity index (χ1) is 32.9. The molecule has 0 bridgehead atoms. The number of rotatable bonds is 56. The molecule has 0 aliphatic heterocycles. The van der Waals surface area contributed by atoms with Crippen molar-refractivity contribution in [3.8, 4) is 0 Å². The van der Waals surface area contributed by atoms with Gasteiger partial charge in [-0.05, 0) is 25.2 Å². The second-order valence-electron chi connectivity index (χ2n) is 21.2. The number of esters is 3. The maximum Gasteiger partial charge on any atom is 0.306 e. The molecule has 0 aromatic carbocycles. The number of carbonyl (C=O) groups excluding carboxylic acids is 3. The Balaban J connectivity index is 4.27. The molecular formula is C61H118O6. The van der Waals surface area contributed by atoms with Gasteiger partial charge >= 0.3 is 17.9 Å². The van der Waals surface area contributed by atoms with Crippen molar-refractivity contribution in [1.82, 2.24) is 0 Å². The van der Waals surface area contributed by atoms with Gasteiger partial charge in [0.15, 0.2) is 6.10 Å². The first kappa shape index (κ1) is 65.4. The maximum atomic E-state index is 12.9. The summed E-state index contributed by atoms with van der Waals surface area (Å²) in [5.74, 6) is 0.0344. The molecule has 6 heteroatoms. The lowest BCUT2D eigenvalue weighted by Gasteiger charge is -2.18. The Bertz CT molecular complexity index is 1010. The van der Waals surface area contributed by atoms with Crippen molar-refractivity contribution >= 4 is 17.9 Å². The summed E-state index contributed by atoms with van der Waals surface area (Å²) in [6, 6.07) is 0.